The second kappa shape index (κ2) is 8.91. The molecule has 27 heavy (non-hydrogen) atoms. The first-order valence-electron chi connectivity index (χ1n) is 9.41. The number of carbonyl (C=O) groups excluding carboxylic acids is 1. The average molecular weight is 368 g/mol. The summed E-state index contributed by atoms with van der Waals surface area (Å²) in [5.41, 5.74) is 3.10. The van der Waals surface area contributed by atoms with Crippen LogP contribution in [0.2, 0.25) is 0 Å². The normalized spacial score (nSPS) is 33.1. The number of likely N-dealkylation sites (N-methyl/N-ethyl adjacent to an activating group) is 1. The molecule has 3 unspecified atom stereocenters. The number of ether oxygens (including phenoxy) is 2. The van der Waals surface area contributed by atoms with Crippen molar-refractivity contribution in [1.29, 1.82) is 0 Å². The second-order valence-corrected chi connectivity index (χ2v) is 7.01. The molecule has 1 aliphatic carbocycles. The van der Waals surface area contributed by atoms with Gasteiger partial charge in [0.2, 0.25) is 0 Å². The molecular formula is C22H28N2O3. The number of carbonyl (C=O) groups is 1. The van der Waals surface area contributed by atoms with Gasteiger partial charge in [0.05, 0.1) is 36.8 Å². The lowest BCUT2D eigenvalue weighted by Gasteiger charge is -2.24. The quantitative estimate of drug-likeness (QED) is 0.775. The highest BCUT2D eigenvalue weighted by Crippen LogP contribution is 2.29. The molecule has 3 atom stereocenters. The molecule has 0 fully saturated rings. The summed E-state index contributed by atoms with van der Waals surface area (Å²) in [6.07, 6.45) is 16.0. The summed E-state index contributed by atoms with van der Waals surface area (Å²) in [6, 6.07) is 0. The van der Waals surface area contributed by atoms with Gasteiger partial charge in [-0.05, 0) is 24.6 Å². The average Bonchev–Trinajstić information content (AvgIpc) is 2.90. The number of hydrogen-bond acceptors (Lipinski definition) is 5. The minimum Gasteiger partial charge on any atom is -0.490 e. The van der Waals surface area contributed by atoms with Gasteiger partial charge in [-0.3, -0.25) is 0 Å². The van der Waals surface area contributed by atoms with Crippen LogP contribution in [0.4, 0.5) is 0 Å². The molecule has 0 saturated carbocycles. The van der Waals surface area contributed by atoms with Crippen molar-refractivity contribution in [2.75, 3.05) is 20.3 Å². The highest BCUT2D eigenvalue weighted by molar-refractivity contribution is 5.60. The standard InChI is InChI=1S/C22H28N2O3/c1-16-7-5-4-6-11-26-12-10-22(16)27-19-13-18(15-25)8-9-21-20(14-19)23-17(2)24(21)3/h4-9,13,15,17-18,22-23H,1,10-12,14H2,2-3H3/b6-4-,7-5-,9-8?,19-13+. The maximum atomic E-state index is 11.5. The third-order valence-corrected chi connectivity index (χ3v) is 5.02. The van der Waals surface area contributed by atoms with E-state index in [0.717, 1.165) is 29.0 Å². The fraction of sp³-hybridized carbons (Fsp3) is 0.409. The Kier molecular flexibility index (Phi) is 6.35. The molecule has 144 valence electrons. The number of aldehydes is 1. The Morgan fingerprint density at radius 1 is 1.37 bits per heavy atom. The Bertz CT molecular complexity index is 730. The van der Waals surface area contributed by atoms with Gasteiger partial charge in [-0.25, -0.2) is 0 Å². The zero-order chi connectivity index (χ0) is 19.2. The third-order valence-electron chi connectivity index (χ3n) is 5.02. The summed E-state index contributed by atoms with van der Waals surface area (Å²) < 4.78 is 11.9. The summed E-state index contributed by atoms with van der Waals surface area (Å²) in [7, 11) is 2.05. The molecule has 5 heteroatoms. The lowest BCUT2D eigenvalue weighted by Crippen LogP contribution is -2.31. The SMILES string of the molecule is C=C1/C=C\C=C/COCCC1O/C1=C/C(C=O)C=CC2=C(C1)NC(C)N2C. The van der Waals surface area contributed by atoms with E-state index in [1.165, 1.54) is 0 Å². The summed E-state index contributed by atoms with van der Waals surface area (Å²) in [6.45, 7) is 7.46. The van der Waals surface area contributed by atoms with E-state index in [9.17, 15) is 4.79 Å². The van der Waals surface area contributed by atoms with Gasteiger partial charge in [0.1, 0.15) is 12.4 Å². The Morgan fingerprint density at radius 2 is 2.22 bits per heavy atom. The highest BCUT2D eigenvalue weighted by Gasteiger charge is 2.27. The van der Waals surface area contributed by atoms with Crippen LogP contribution in [-0.2, 0) is 14.3 Å². The van der Waals surface area contributed by atoms with Gasteiger partial charge < -0.3 is 24.5 Å². The second-order valence-electron chi connectivity index (χ2n) is 7.01. The van der Waals surface area contributed by atoms with Crippen LogP contribution in [0, 0.1) is 5.92 Å². The molecule has 0 aromatic carbocycles. The van der Waals surface area contributed by atoms with Crippen molar-refractivity contribution in [2.45, 2.75) is 32.0 Å². The predicted octanol–water partition coefficient (Wildman–Crippen LogP) is 3.21. The maximum absolute atomic E-state index is 11.5. The Hall–Kier alpha value is -2.53. The molecular weight excluding hydrogens is 340 g/mol. The van der Waals surface area contributed by atoms with Gasteiger partial charge in [-0.15, -0.1) is 0 Å². The van der Waals surface area contributed by atoms with Crippen LogP contribution in [0.1, 0.15) is 19.8 Å². The zero-order valence-electron chi connectivity index (χ0n) is 16.1. The van der Waals surface area contributed by atoms with Gasteiger partial charge in [0.15, 0.2) is 0 Å². The smallest absolute Gasteiger partial charge is 0.130 e. The fourth-order valence-electron chi connectivity index (χ4n) is 3.34. The molecule has 1 N–H and O–H groups in total. The van der Waals surface area contributed by atoms with Crippen LogP contribution in [0.25, 0.3) is 0 Å². The van der Waals surface area contributed by atoms with Crippen LogP contribution in [0.3, 0.4) is 0 Å². The van der Waals surface area contributed by atoms with Gasteiger partial charge in [-0.1, -0.05) is 37.0 Å². The Labute approximate surface area is 161 Å². The van der Waals surface area contributed by atoms with E-state index in [1.807, 2.05) is 49.6 Å². The lowest BCUT2D eigenvalue weighted by molar-refractivity contribution is -0.109. The summed E-state index contributed by atoms with van der Waals surface area (Å²) in [5.74, 6) is 0.479. The van der Waals surface area contributed by atoms with Gasteiger partial charge in [0, 0.05) is 25.6 Å². The molecule has 0 aromatic heterocycles. The van der Waals surface area contributed by atoms with Crippen molar-refractivity contribution in [3.05, 3.63) is 71.8 Å². The van der Waals surface area contributed by atoms with Gasteiger partial charge in [0.25, 0.3) is 0 Å². The van der Waals surface area contributed by atoms with E-state index in [4.69, 9.17) is 9.47 Å². The first-order chi connectivity index (χ1) is 13.1. The van der Waals surface area contributed by atoms with Crippen LogP contribution >= 0.6 is 0 Å². The Morgan fingerprint density at radius 3 is 3.04 bits per heavy atom. The van der Waals surface area contributed by atoms with E-state index < -0.39 is 0 Å². The zero-order valence-corrected chi connectivity index (χ0v) is 16.1. The predicted molar refractivity (Wildman–Crippen MR) is 107 cm³/mol. The minimum absolute atomic E-state index is 0.185. The Balaban J connectivity index is 1.82. The molecule has 3 rings (SSSR count). The van der Waals surface area contributed by atoms with Crippen LogP contribution in [0.15, 0.2) is 71.8 Å². The lowest BCUT2D eigenvalue weighted by atomic mass is 10.0. The monoisotopic (exact) mass is 368 g/mol. The largest absolute Gasteiger partial charge is 0.490 e. The molecule has 0 bridgehead atoms. The number of rotatable bonds is 3. The summed E-state index contributed by atoms with van der Waals surface area (Å²) in [5, 5.41) is 3.50. The van der Waals surface area contributed by atoms with Gasteiger partial charge in [-0.2, -0.15) is 0 Å². The first-order valence-corrected chi connectivity index (χ1v) is 9.41. The third kappa shape index (κ3) is 4.80. The number of allylic oxidation sites excluding steroid dienone is 5. The van der Waals surface area contributed by atoms with Crippen LogP contribution in [-0.4, -0.2) is 43.7 Å². The van der Waals surface area contributed by atoms with Crippen LogP contribution < -0.4 is 5.32 Å². The molecule has 2 aliphatic heterocycles. The van der Waals surface area contributed by atoms with Crippen molar-refractivity contribution in [1.82, 2.24) is 10.2 Å². The summed E-state index contributed by atoms with van der Waals surface area (Å²) in [4.78, 5) is 13.7. The molecule has 0 amide bonds. The summed E-state index contributed by atoms with van der Waals surface area (Å²) >= 11 is 0. The van der Waals surface area contributed by atoms with Crippen molar-refractivity contribution >= 4 is 6.29 Å². The highest BCUT2D eigenvalue weighted by atomic mass is 16.5. The minimum atomic E-state index is -0.305. The van der Waals surface area contributed by atoms with E-state index >= 15 is 0 Å². The van der Waals surface area contributed by atoms with Crippen LogP contribution in [0.5, 0.6) is 0 Å². The number of nitrogens with one attached hydrogen (secondary N) is 1. The fourth-order valence-corrected chi connectivity index (χ4v) is 3.34. The van der Waals surface area contributed by atoms with E-state index in [-0.39, 0.29) is 18.2 Å². The number of hydrogen-bond donors (Lipinski definition) is 1. The van der Waals surface area contributed by atoms with E-state index in [0.29, 0.717) is 26.1 Å². The number of nitrogens with zero attached hydrogens (tertiary/aromatic N) is 1. The van der Waals surface area contributed by atoms with E-state index in [1.54, 1.807) is 0 Å². The van der Waals surface area contributed by atoms with Crippen molar-refractivity contribution < 1.29 is 14.3 Å². The maximum Gasteiger partial charge on any atom is 0.130 e. The van der Waals surface area contributed by atoms with Crippen molar-refractivity contribution in [2.24, 2.45) is 5.92 Å². The first kappa shape index (κ1) is 19.2. The van der Waals surface area contributed by atoms with E-state index in [2.05, 4.69) is 23.7 Å². The molecule has 0 spiro atoms. The molecule has 0 saturated heterocycles. The molecule has 0 aromatic rings. The molecule has 3 aliphatic rings. The van der Waals surface area contributed by atoms with Crippen molar-refractivity contribution in [3.8, 4) is 0 Å². The van der Waals surface area contributed by atoms with Gasteiger partial charge >= 0.3 is 0 Å². The molecule has 2 heterocycles. The van der Waals surface area contributed by atoms with Crippen molar-refractivity contribution in [3.63, 3.8) is 0 Å². The topological polar surface area (TPSA) is 50.8 Å². The molecule has 5 nitrogen and oxygen atoms in total. The molecule has 0 radical (unpaired) electrons.